The summed E-state index contributed by atoms with van der Waals surface area (Å²) >= 11 is 3.46. The van der Waals surface area contributed by atoms with Gasteiger partial charge in [0.25, 0.3) is 5.91 Å². The Hall–Kier alpha value is -2.99. The monoisotopic (exact) mass is 493 g/mol. The molecule has 0 radical (unpaired) electrons. The summed E-state index contributed by atoms with van der Waals surface area (Å²) in [6, 6.07) is 7.90. The van der Waals surface area contributed by atoms with Crippen molar-refractivity contribution in [3.8, 4) is 6.07 Å². The smallest absolute Gasteiger partial charge is 0.274 e. The van der Waals surface area contributed by atoms with E-state index < -0.39 is 0 Å². The van der Waals surface area contributed by atoms with Crippen molar-refractivity contribution in [2.24, 2.45) is 5.92 Å². The van der Waals surface area contributed by atoms with E-state index in [4.69, 9.17) is 10.1 Å². The van der Waals surface area contributed by atoms with Crippen molar-refractivity contribution in [1.82, 2.24) is 24.5 Å². The molecule has 2 fully saturated rings. The van der Waals surface area contributed by atoms with Gasteiger partial charge in [0.05, 0.1) is 23.7 Å². The maximum Gasteiger partial charge on any atom is 0.274 e. The Labute approximate surface area is 195 Å². The van der Waals surface area contributed by atoms with E-state index in [1.54, 1.807) is 16.8 Å². The topological polar surface area (TPSA) is 90.4 Å². The van der Waals surface area contributed by atoms with Gasteiger partial charge in [0.2, 0.25) is 0 Å². The molecule has 9 heteroatoms. The van der Waals surface area contributed by atoms with Gasteiger partial charge in [-0.25, -0.2) is 14.5 Å². The fraction of sp³-hybridized carbons (Fsp3) is 0.435. The molecule has 2 atom stereocenters. The number of piperidine rings is 1. The van der Waals surface area contributed by atoms with Crippen molar-refractivity contribution < 1.29 is 4.79 Å². The molecule has 3 aromatic rings. The molecule has 0 aliphatic carbocycles. The first-order chi connectivity index (χ1) is 15.5. The van der Waals surface area contributed by atoms with Gasteiger partial charge >= 0.3 is 0 Å². The molecule has 2 aliphatic heterocycles. The highest BCUT2D eigenvalue weighted by Crippen LogP contribution is 2.33. The number of hydrogen-bond donors (Lipinski definition) is 0. The van der Waals surface area contributed by atoms with Gasteiger partial charge in [0.15, 0.2) is 5.65 Å². The van der Waals surface area contributed by atoms with E-state index in [0.29, 0.717) is 23.3 Å². The first kappa shape index (κ1) is 20.9. The Morgan fingerprint density at radius 1 is 1.28 bits per heavy atom. The average molecular weight is 494 g/mol. The summed E-state index contributed by atoms with van der Waals surface area (Å²) < 4.78 is 2.51. The lowest BCUT2D eigenvalue weighted by atomic mass is 9.99. The standard InChI is InChI=1S/C23H24BrN7O/c1-15-13-31-20(27-22(15)29-10-7-16(12-25)14-29)11-18(28-31)19-6-2-3-9-30(19)23(32)21-17(24)5-4-8-26-21/h4-5,8,11,13,16,19H,2-3,6-7,9-10,14H2,1H3. The van der Waals surface area contributed by atoms with Gasteiger partial charge in [0.1, 0.15) is 11.5 Å². The lowest BCUT2D eigenvalue weighted by Gasteiger charge is -2.34. The third-order valence-electron chi connectivity index (χ3n) is 6.36. The molecule has 32 heavy (non-hydrogen) atoms. The van der Waals surface area contributed by atoms with E-state index in [0.717, 1.165) is 55.0 Å². The van der Waals surface area contributed by atoms with Gasteiger partial charge in [-0.3, -0.25) is 4.79 Å². The van der Waals surface area contributed by atoms with Crippen LogP contribution >= 0.6 is 15.9 Å². The molecule has 0 bridgehead atoms. The number of amides is 1. The van der Waals surface area contributed by atoms with E-state index >= 15 is 0 Å². The maximum atomic E-state index is 13.3. The molecule has 0 aromatic carbocycles. The normalized spacial score (nSPS) is 21.2. The maximum absolute atomic E-state index is 13.3. The number of aryl methyl sites for hydroxylation is 1. The van der Waals surface area contributed by atoms with Crippen molar-refractivity contribution in [1.29, 1.82) is 5.26 Å². The Morgan fingerprint density at radius 3 is 2.94 bits per heavy atom. The van der Waals surface area contributed by atoms with Crippen molar-refractivity contribution in [2.75, 3.05) is 24.5 Å². The van der Waals surface area contributed by atoms with Gasteiger partial charge in [0, 0.05) is 48.1 Å². The Balaban J connectivity index is 1.47. The van der Waals surface area contributed by atoms with Gasteiger partial charge < -0.3 is 9.80 Å². The van der Waals surface area contributed by atoms with Crippen molar-refractivity contribution in [3.63, 3.8) is 0 Å². The SMILES string of the molecule is Cc1cn2nc(C3CCCCN3C(=O)c3ncccc3Br)cc2nc1N1CCC(C#N)C1. The van der Waals surface area contributed by atoms with Gasteiger partial charge in [-0.2, -0.15) is 10.4 Å². The summed E-state index contributed by atoms with van der Waals surface area (Å²) in [5.41, 5.74) is 3.07. The lowest BCUT2D eigenvalue weighted by Crippen LogP contribution is -2.39. The summed E-state index contributed by atoms with van der Waals surface area (Å²) in [6.45, 7) is 4.26. The van der Waals surface area contributed by atoms with E-state index in [9.17, 15) is 10.1 Å². The highest BCUT2D eigenvalue weighted by atomic mass is 79.9. The second kappa shape index (κ2) is 8.51. The molecule has 5 rings (SSSR count). The molecule has 164 valence electrons. The van der Waals surface area contributed by atoms with E-state index in [-0.39, 0.29) is 17.9 Å². The predicted molar refractivity (Wildman–Crippen MR) is 123 cm³/mol. The third kappa shape index (κ3) is 3.73. The largest absolute Gasteiger partial charge is 0.355 e. The minimum absolute atomic E-state index is 0.0561. The van der Waals surface area contributed by atoms with Crippen LogP contribution in [0.2, 0.25) is 0 Å². The van der Waals surface area contributed by atoms with Gasteiger partial charge in [-0.05, 0) is 60.7 Å². The predicted octanol–water partition coefficient (Wildman–Crippen LogP) is 3.91. The zero-order valence-electron chi connectivity index (χ0n) is 17.9. The van der Waals surface area contributed by atoms with E-state index in [1.165, 1.54) is 0 Å². The van der Waals surface area contributed by atoms with Crippen LogP contribution in [0, 0.1) is 24.2 Å². The van der Waals surface area contributed by atoms with Crippen LogP contribution in [-0.2, 0) is 0 Å². The van der Waals surface area contributed by atoms with Crippen molar-refractivity contribution in [3.05, 3.63) is 52.0 Å². The Kier molecular flexibility index (Phi) is 5.55. The van der Waals surface area contributed by atoms with Crippen molar-refractivity contribution >= 4 is 33.3 Å². The number of nitrogens with zero attached hydrogens (tertiary/aromatic N) is 7. The number of rotatable bonds is 3. The van der Waals surface area contributed by atoms with Crippen molar-refractivity contribution in [2.45, 2.75) is 38.6 Å². The highest BCUT2D eigenvalue weighted by Gasteiger charge is 2.32. The molecular weight excluding hydrogens is 470 g/mol. The zero-order chi connectivity index (χ0) is 22.2. The van der Waals surface area contributed by atoms with Gasteiger partial charge in [-0.15, -0.1) is 0 Å². The molecule has 2 aliphatic rings. The fourth-order valence-electron chi connectivity index (χ4n) is 4.72. The van der Waals surface area contributed by atoms with E-state index in [2.05, 4.69) is 31.9 Å². The molecule has 1 amide bonds. The molecule has 0 N–H and O–H groups in total. The molecule has 2 saturated heterocycles. The quantitative estimate of drug-likeness (QED) is 0.549. The number of carbonyl (C=O) groups is 1. The second-order valence-corrected chi connectivity index (χ2v) is 9.38. The molecule has 2 unspecified atom stereocenters. The number of pyridine rings is 1. The van der Waals surface area contributed by atoms with Crippen LogP contribution in [0.25, 0.3) is 5.65 Å². The lowest BCUT2D eigenvalue weighted by molar-refractivity contribution is 0.0598. The van der Waals surface area contributed by atoms with Crippen LogP contribution in [0.4, 0.5) is 5.82 Å². The van der Waals surface area contributed by atoms with Crippen LogP contribution in [0.1, 0.15) is 53.5 Å². The molecular formula is C23H24BrN7O. The number of carbonyl (C=O) groups excluding carboxylic acids is 1. The third-order valence-corrected chi connectivity index (χ3v) is 7.00. The first-order valence-electron chi connectivity index (χ1n) is 11.0. The molecule has 8 nitrogen and oxygen atoms in total. The zero-order valence-corrected chi connectivity index (χ0v) is 19.5. The van der Waals surface area contributed by atoms with Crippen LogP contribution in [0.3, 0.4) is 0 Å². The fourth-order valence-corrected chi connectivity index (χ4v) is 5.15. The number of fused-ring (bicyclic) bond motifs is 1. The summed E-state index contributed by atoms with van der Waals surface area (Å²) in [4.78, 5) is 26.6. The average Bonchev–Trinajstić information content (AvgIpc) is 3.45. The second-order valence-electron chi connectivity index (χ2n) is 8.52. The highest BCUT2D eigenvalue weighted by molar-refractivity contribution is 9.10. The number of anilines is 1. The minimum Gasteiger partial charge on any atom is -0.355 e. The number of likely N-dealkylation sites (tertiary alicyclic amines) is 1. The number of nitriles is 1. The molecule has 3 aromatic heterocycles. The van der Waals surface area contributed by atoms with Gasteiger partial charge in [-0.1, -0.05) is 0 Å². The number of hydrogen-bond acceptors (Lipinski definition) is 6. The summed E-state index contributed by atoms with van der Waals surface area (Å²) in [5.74, 6) is 0.889. The Morgan fingerprint density at radius 2 is 2.16 bits per heavy atom. The van der Waals surface area contributed by atoms with Crippen LogP contribution in [0.5, 0.6) is 0 Å². The molecule has 0 saturated carbocycles. The van der Waals surface area contributed by atoms with Crippen LogP contribution in [0.15, 0.2) is 35.1 Å². The van der Waals surface area contributed by atoms with Crippen LogP contribution in [-0.4, -0.2) is 50.0 Å². The summed E-state index contributed by atoms with van der Waals surface area (Å²) in [6.07, 6.45) is 7.39. The first-order valence-corrected chi connectivity index (χ1v) is 11.8. The number of aromatic nitrogens is 4. The number of halogens is 1. The van der Waals surface area contributed by atoms with E-state index in [1.807, 2.05) is 30.2 Å². The molecule has 5 heterocycles. The van der Waals surface area contributed by atoms with Crippen LogP contribution < -0.4 is 4.90 Å². The Bertz CT molecular complexity index is 1220. The molecule has 0 spiro atoms. The minimum atomic E-state index is -0.106. The summed E-state index contributed by atoms with van der Waals surface area (Å²) in [5, 5.41) is 14.0. The summed E-state index contributed by atoms with van der Waals surface area (Å²) in [7, 11) is 0.